The minimum absolute atomic E-state index is 0.194. The van der Waals surface area contributed by atoms with Gasteiger partial charge in [-0.05, 0) is 86.8 Å². The number of nitrogens with zero attached hydrogens (tertiary/aromatic N) is 5. The zero-order valence-electron chi connectivity index (χ0n) is 24.2. The van der Waals surface area contributed by atoms with Gasteiger partial charge in [-0.2, -0.15) is 0 Å². The summed E-state index contributed by atoms with van der Waals surface area (Å²) in [7, 11) is 3.34. The van der Waals surface area contributed by atoms with Crippen molar-refractivity contribution in [3.05, 3.63) is 102 Å². The Labute approximate surface area is 249 Å². The van der Waals surface area contributed by atoms with Crippen molar-refractivity contribution in [2.75, 3.05) is 19.5 Å². The molecular weight excluding hydrogens is 538 g/mol. The molecule has 0 radical (unpaired) electrons. The molecule has 0 fully saturated rings. The monoisotopic (exact) mass is 567 g/mol. The molecule has 0 aliphatic heterocycles. The number of carbonyl (C=O) groups is 1. The summed E-state index contributed by atoms with van der Waals surface area (Å²) in [5.74, 6) is 7.28. The molecule has 6 aromatic rings. The summed E-state index contributed by atoms with van der Waals surface area (Å²) in [5, 5.41) is 7.98. The highest BCUT2D eigenvalue weighted by Gasteiger charge is 2.18. The second kappa shape index (κ2) is 11.7. The Kier molecular flexibility index (Phi) is 7.52. The number of nitrogens with one attached hydrogen (secondary N) is 2. The maximum absolute atomic E-state index is 12.6. The van der Waals surface area contributed by atoms with Crippen LogP contribution in [-0.2, 0) is 4.79 Å². The van der Waals surface area contributed by atoms with Crippen LogP contribution in [0.3, 0.4) is 0 Å². The third kappa shape index (κ3) is 5.39. The number of likely N-dealkylation sites (N-methyl/N-ethyl adjacent to an activating group) is 1. The first kappa shape index (κ1) is 27.6. The third-order valence-electron chi connectivity index (χ3n) is 7.31. The van der Waals surface area contributed by atoms with E-state index in [-0.39, 0.29) is 11.9 Å². The first-order valence-electron chi connectivity index (χ1n) is 13.8. The number of methoxy groups -OCH3 is 1. The van der Waals surface area contributed by atoms with E-state index >= 15 is 0 Å². The molecule has 2 N–H and O–H groups in total. The fraction of sp³-hybridized carbons (Fsp3) is 0.147. The highest BCUT2D eigenvalue weighted by Crippen LogP contribution is 2.33. The van der Waals surface area contributed by atoms with Crippen molar-refractivity contribution in [2.24, 2.45) is 0 Å². The quantitative estimate of drug-likeness (QED) is 0.264. The number of pyridine rings is 4. The Hall–Kier alpha value is -5.59. The lowest BCUT2D eigenvalue weighted by Crippen LogP contribution is -2.35. The van der Waals surface area contributed by atoms with Crippen LogP contribution in [0.15, 0.2) is 85.3 Å². The highest BCUT2D eigenvalue weighted by molar-refractivity contribution is 5.94. The summed E-state index contributed by atoms with van der Waals surface area (Å²) in [5.41, 5.74) is 6.27. The lowest BCUT2D eigenvalue weighted by molar-refractivity contribution is -0.117. The number of carbonyl (C=O) groups excluding carboxylic acids is 1. The minimum atomic E-state index is -0.387. The SMILES string of the molecule is CN[C@@H](C)C(=O)Nc1ccc(-c2cnc3cccc(-c4cccnc4OC)n23)c(C#Cc2ccc3c(C)nccc3c2)n1. The van der Waals surface area contributed by atoms with Crippen molar-refractivity contribution in [2.45, 2.75) is 19.9 Å². The zero-order chi connectivity index (χ0) is 29.9. The molecule has 6 rings (SSSR count). The van der Waals surface area contributed by atoms with Crippen LogP contribution in [0.1, 0.15) is 23.9 Å². The minimum Gasteiger partial charge on any atom is -0.481 e. The summed E-state index contributed by atoms with van der Waals surface area (Å²) in [6.07, 6.45) is 5.30. The van der Waals surface area contributed by atoms with Gasteiger partial charge < -0.3 is 15.4 Å². The van der Waals surface area contributed by atoms with Crippen LogP contribution in [0.4, 0.5) is 5.82 Å². The van der Waals surface area contributed by atoms with Crippen LogP contribution >= 0.6 is 0 Å². The fourth-order valence-electron chi connectivity index (χ4n) is 4.92. The Morgan fingerprint density at radius 2 is 1.81 bits per heavy atom. The van der Waals surface area contributed by atoms with Gasteiger partial charge in [0.2, 0.25) is 11.8 Å². The summed E-state index contributed by atoms with van der Waals surface area (Å²) < 4.78 is 7.61. The molecule has 5 heterocycles. The van der Waals surface area contributed by atoms with Crippen LogP contribution < -0.4 is 15.4 Å². The molecule has 9 heteroatoms. The smallest absolute Gasteiger partial charge is 0.242 e. The predicted octanol–water partition coefficient (Wildman–Crippen LogP) is 5.27. The van der Waals surface area contributed by atoms with Crippen molar-refractivity contribution in [1.82, 2.24) is 29.7 Å². The maximum atomic E-state index is 12.6. The number of ether oxygens (including phenoxy) is 1. The molecule has 1 aromatic carbocycles. The number of aryl methyl sites for hydroxylation is 1. The van der Waals surface area contributed by atoms with E-state index in [4.69, 9.17) is 9.72 Å². The number of hydrogen-bond acceptors (Lipinski definition) is 7. The van der Waals surface area contributed by atoms with E-state index < -0.39 is 0 Å². The van der Waals surface area contributed by atoms with Gasteiger partial charge >= 0.3 is 0 Å². The van der Waals surface area contributed by atoms with Crippen LogP contribution in [0.5, 0.6) is 5.88 Å². The average Bonchev–Trinajstić information content (AvgIpc) is 3.47. The largest absolute Gasteiger partial charge is 0.481 e. The van der Waals surface area contributed by atoms with Crippen molar-refractivity contribution in [3.63, 3.8) is 0 Å². The number of aromatic nitrogens is 5. The van der Waals surface area contributed by atoms with E-state index in [1.807, 2.05) is 72.0 Å². The number of fused-ring (bicyclic) bond motifs is 2. The second-order valence-electron chi connectivity index (χ2n) is 9.98. The standard InChI is InChI=1S/C34H29N7O2/c1-21-25-12-10-23(19-24(25)16-18-36-21)11-14-28-26(13-15-31(39-28)40-33(42)22(2)35-3)30-20-38-32-9-5-8-29(41(30)32)27-7-6-17-37-34(27)43-4/h5-10,12-13,15-20,22,35H,1-4H3,(H,39,40,42)/t22-/m0/s1. The summed E-state index contributed by atoms with van der Waals surface area (Å²) in [6.45, 7) is 3.78. The Balaban J connectivity index is 1.52. The Bertz CT molecular complexity index is 2060. The van der Waals surface area contributed by atoms with Crippen molar-refractivity contribution in [3.8, 4) is 40.2 Å². The van der Waals surface area contributed by atoms with E-state index in [1.165, 1.54) is 0 Å². The predicted molar refractivity (Wildman–Crippen MR) is 168 cm³/mol. The third-order valence-corrected chi connectivity index (χ3v) is 7.31. The molecule has 0 saturated carbocycles. The summed E-state index contributed by atoms with van der Waals surface area (Å²) in [6, 6.07) is 21.0. The summed E-state index contributed by atoms with van der Waals surface area (Å²) >= 11 is 0. The number of hydrogen-bond donors (Lipinski definition) is 2. The second-order valence-corrected chi connectivity index (χ2v) is 9.98. The number of rotatable bonds is 6. The molecule has 43 heavy (non-hydrogen) atoms. The molecule has 0 aliphatic rings. The Morgan fingerprint density at radius 3 is 2.65 bits per heavy atom. The van der Waals surface area contributed by atoms with Gasteiger partial charge in [0, 0.05) is 34.6 Å². The molecule has 212 valence electrons. The van der Waals surface area contributed by atoms with E-state index in [0.29, 0.717) is 17.4 Å². The molecule has 0 unspecified atom stereocenters. The van der Waals surface area contributed by atoms with E-state index in [1.54, 1.807) is 45.7 Å². The van der Waals surface area contributed by atoms with E-state index in [0.717, 1.165) is 50.2 Å². The first-order chi connectivity index (χ1) is 21.0. The summed E-state index contributed by atoms with van der Waals surface area (Å²) in [4.78, 5) is 30.9. The number of anilines is 1. The van der Waals surface area contributed by atoms with Crippen LogP contribution in [0.2, 0.25) is 0 Å². The molecule has 0 saturated heterocycles. The van der Waals surface area contributed by atoms with Crippen LogP contribution in [-0.4, -0.2) is 50.4 Å². The highest BCUT2D eigenvalue weighted by atomic mass is 16.5. The Morgan fingerprint density at radius 1 is 0.930 bits per heavy atom. The van der Waals surface area contributed by atoms with Crippen molar-refractivity contribution in [1.29, 1.82) is 0 Å². The molecule has 0 aliphatic carbocycles. The number of benzene rings is 1. The van der Waals surface area contributed by atoms with Gasteiger partial charge in [-0.3, -0.25) is 14.2 Å². The van der Waals surface area contributed by atoms with Gasteiger partial charge in [-0.25, -0.2) is 15.0 Å². The molecular formula is C34H29N7O2. The first-order valence-corrected chi connectivity index (χ1v) is 13.8. The van der Waals surface area contributed by atoms with Gasteiger partial charge in [0.05, 0.1) is 36.3 Å². The van der Waals surface area contributed by atoms with Gasteiger partial charge in [-0.1, -0.05) is 18.1 Å². The molecule has 5 aromatic heterocycles. The maximum Gasteiger partial charge on any atom is 0.242 e. The molecule has 9 nitrogen and oxygen atoms in total. The van der Waals surface area contributed by atoms with E-state index in [2.05, 4.69) is 37.4 Å². The average molecular weight is 568 g/mol. The van der Waals surface area contributed by atoms with E-state index in [9.17, 15) is 4.79 Å². The van der Waals surface area contributed by atoms with Gasteiger partial charge in [0.25, 0.3) is 0 Å². The lowest BCUT2D eigenvalue weighted by atomic mass is 10.1. The molecule has 0 bridgehead atoms. The normalized spacial score (nSPS) is 11.6. The van der Waals surface area contributed by atoms with Gasteiger partial charge in [0.15, 0.2) is 0 Å². The lowest BCUT2D eigenvalue weighted by Gasteiger charge is -2.14. The van der Waals surface area contributed by atoms with Crippen LogP contribution in [0.25, 0.3) is 38.9 Å². The molecule has 1 atom stereocenters. The van der Waals surface area contributed by atoms with Crippen molar-refractivity contribution >= 4 is 28.1 Å². The molecule has 1 amide bonds. The van der Waals surface area contributed by atoms with Gasteiger partial charge in [-0.15, -0.1) is 0 Å². The molecule has 0 spiro atoms. The fourth-order valence-corrected chi connectivity index (χ4v) is 4.92. The topological polar surface area (TPSA) is 106 Å². The van der Waals surface area contributed by atoms with Gasteiger partial charge in [0.1, 0.15) is 17.2 Å². The van der Waals surface area contributed by atoms with Crippen molar-refractivity contribution < 1.29 is 9.53 Å². The zero-order valence-corrected chi connectivity index (χ0v) is 24.2. The number of amides is 1. The number of imidazole rings is 1. The van der Waals surface area contributed by atoms with Crippen LogP contribution in [0, 0.1) is 18.8 Å².